The molecule has 1 aromatic carbocycles. The van der Waals surface area contributed by atoms with Crippen molar-refractivity contribution in [3.63, 3.8) is 0 Å². The fraction of sp³-hybridized carbons (Fsp3) is 0. The monoisotopic (exact) mass is 293 g/mol. The van der Waals surface area contributed by atoms with E-state index in [1.807, 2.05) is 0 Å². The Bertz CT molecular complexity index is 205. The first-order chi connectivity index (χ1) is 4.93. The molecule has 0 aromatic heterocycles. The third-order valence-corrected chi connectivity index (χ3v) is 0.820. The van der Waals surface area contributed by atoms with E-state index in [4.69, 9.17) is 6.57 Å². The zero-order valence-corrected chi connectivity index (χ0v) is 10.5. The predicted octanol–water partition coefficient (Wildman–Crippen LogP) is 2.92. The van der Waals surface area contributed by atoms with E-state index >= 15 is 0 Å². The van der Waals surface area contributed by atoms with Crippen molar-refractivity contribution < 1.29 is 14.8 Å². The van der Waals surface area contributed by atoms with E-state index in [-0.39, 0.29) is 0 Å². The molecule has 0 fully saturated rings. The zero-order chi connectivity index (χ0) is 7.82. The molecule has 0 saturated carbocycles. The molecule has 0 aliphatic heterocycles. The predicted molar refractivity (Wildman–Crippen MR) is 45.6 cm³/mol. The Hall–Kier alpha value is 0.0634. The van der Waals surface area contributed by atoms with E-state index in [0.29, 0.717) is 5.69 Å². The van der Waals surface area contributed by atoms with Gasteiger partial charge < -0.3 is 0 Å². The molecule has 0 N–H and O–H groups in total. The molecule has 1 aromatic rings. The van der Waals surface area contributed by atoms with Crippen LogP contribution >= 0.6 is 19.8 Å². The van der Waals surface area contributed by atoms with Crippen molar-refractivity contribution >= 4 is 25.4 Å². The molecule has 0 aliphatic carbocycles. The van der Waals surface area contributed by atoms with E-state index in [1.54, 1.807) is 24.3 Å². The molecule has 0 aliphatic rings. The van der Waals surface area contributed by atoms with E-state index < -0.39 is 0 Å². The fourth-order valence-corrected chi connectivity index (χ4v) is 0.453. The van der Waals surface area contributed by atoms with Crippen LogP contribution < -0.4 is 0 Å². The van der Waals surface area contributed by atoms with E-state index in [0.717, 1.165) is 0 Å². The summed E-state index contributed by atoms with van der Waals surface area (Å²) in [4.78, 5) is 3.19. The molecule has 0 bridgehead atoms. The van der Waals surface area contributed by atoms with Gasteiger partial charge in [-0.1, -0.05) is 12.1 Å². The molecule has 0 atom stereocenters. The van der Waals surface area contributed by atoms with Crippen molar-refractivity contribution in [1.29, 1.82) is 0 Å². The van der Waals surface area contributed by atoms with Crippen LogP contribution in [0.25, 0.3) is 4.85 Å². The molecular formula is C7H4INZn. The molecule has 1 nitrogen and oxygen atoms in total. The maximum atomic E-state index is 6.55. The average molecular weight is 294 g/mol. The summed E-state index contributed by atoms with van der Waals surface area (Å²) < 4.78 is 0. The summed E-state index contributed by atoms with van der Waals surface area (Å²) in [7, 11) is 0. The van der Waals surface area contributed by atoms with Crippen molar-refractivity contribution in [2.75, 3.05) is 0 Å². The molecule has 0 radical (unpaired) electrons. The molecule has 0 amide bonds. The summed E-state index contributed by atoms with van der Waals surface area (Å²) >= 11 is 3.62. The second-order valence-electron chi connectivity index (χ2n) is 1.37. The summed E-state index contributed by atoms with van der Waals surface area (Å²) in [6.07, 6.45) is 0. The van der Waals surface area contributed by atoms with Crippen molar-refractivity contribution in [1.82, 2.24) is 0 Å². The SMILES string of the molecule is [C-]#[N+]c1c[c-]ccc1.[Zn+][I]. The van der Waals surface area contributed by atoms with Crippen LogP contribution in [0.2, 0.25) is 0 Å². The van der Waals surface area contributed by atoms with Gasteiger partial charge in [-0.2, -0.15) is 18.2 Å². The van der Waals surface area contributed by atoms with Gasteiger partial charge in [-0.25, -0.2) is 4.85 Å². The molecule has 0 spiro atoms. The number of benzene rings is 1. The fourth-order valence-electron chi connectivity index (χ4n) is 0.453. The zero-order valence-electron chi connectivity index (χ0n) is 5.34. The first-order valence-corrected chi connectivity index (χ1v) is 11.6. The van der Waals surface area contributed by atoms with E-state index in [2.05, 4.69) is 30.7 Å². The first-order valence-electron chi connectivity index (χ1n) is 2.54. The van der Waals surface area contributed by atoms with Gasteiger partial charge >= 0.3 is 34.5 Å². The second kappa shape index (κ2) is 7.17. The Morgan fingerprint density at radius 2 is 2.30 bits per heavy atom. The Kier molecular flexibility index (Phi) is 7.22. The number of halogens is 1. The topological polar surface area (TPSA) is 4.36 Å². The average Bonchev–Trinajstić information content (AvgIpc) is 2.10. The molecule has 1 rings (SSSR count). The minimum absolute atomic E-state index is 0.646. The quantitative estimate of drug-likeness (QED) is 0.394. The summed E-state index contributed by atoms with van der Waals surface area (Å²) in [5.41, 5.74) is 0.646. The van der Waals surface area contributed by atoms with E-state index in [1.165, 1.54) is 14.8 Å². The normalized spacial score (nSPS) is 7.00. The van der Waals surface area contributed by atoms with Crippen LogP contribution in [0, 0.1) is 12.6 Å². The third-order valence-electron chi connectivity index (χ3n) is 0.820. The van der Waals surface area contributed by atoms with Gasteiger partial charge in [-0.15, -0.1) is 0 Å². The summed E-state index contributed by atoms with van der Waals surface area (Å²) in [6.45, 7) is 6.55. The van der Waals surface area contributed by atoms with Gasteiger partial charge in [0.25, 0.3) is 0 Å². The number of nitrogens with zero attached hydrogens (tertiary/aromatic N) is 1. The van der Waals surface area contributed by atoms with Crippen LogP contribution in [-0.2, 0) is 14.8 Å². The summed E-state index contributed by atoms with van der Waals surface area (Å²) in [5, 5.41) is 0. The molecule has 0 heterocycles. The maximum absolute atomic E-state index is 6.55. The van der Waals surface area contributed by atoms with Crippen molar-refractivity contribution in [2.45, 2.75) is 0 Å². The molecule has 46 valence electrons. The Labute approximate surface area is 81.5 Å². The minimum atomic E-state index is 0.646. The number of hydrogen-bond acceptors (Lipinski definition) is 0. The second-order valence-corrected chi connectivity index (χ2v) is 1.37. The van der Waals surface area contributed by atoms with Crippen molar-refractivity contribution in [3.8, 4) is 0 Å². The van der Waals surface area contributed by atoms with Crippen LogP contribution in [0.4, 0.5) is 5.69 Å². The van der Waals surface area contributed by atoms with Gasteiger partial charge in [0, 0.05) is 0 Å². The van der Waals surface area contributed by atoms with Gasteiger partial charge in [0.2, 0.25) is 5.69 Å². The molecule has 0 saturated heterocycles. The van der Waals surface area contributed by atoms with Crippen LogP contribution in [0.1, 0.15) is 0 Å². The standard InChI is InChI=1S/C7H4N.HI.Zn/c1-8-7-5-3-2-4-6-7;;/h2-3,5-6H;1H;/q-1;;+2/p-1. The Balaban J connectivity index is 0.000000371. The molecule has 3 heteroatoms. The van der Waals surface area contributed by atoms with Gasteiger partial charge in [0.15, 0.2) is 0 Å². The summed E-state index contributed by atoms with van der Waals surface area (Å²) in [6, 6.07) is 9.78. The van der Waals surface area contributed by atoms with Gasteiger partial charge in [0.05, 0.1) is 0 Å². The van der Waals surface area contributed by atoms with Gasteiger partial charge in [-0.05, 0) is 0 Å². The van der Waals surface area contributed by atoms with Crippen LogP contribution in [0.15, 0.2) is 24.3 Å². The molecule has 10 heavy (non-hydrogen) atoms. The van der Waals surface area contributed by atoms with Crippen LogP contribution in [-0.4, -0.2) is 0 Å². The Morgan fingerprint density at radius 1 is 1.60 bits per heavy atom. The number of rotatable bonds is 0. The van der Waals surface area contributed by atoms with Gasteiger partial charge in [-0.3, -0.25) is 0 Å². The number of hydrogen-bond donors (Lipinski definition) is 0. The van der Waals surface area contributed by atoms with Crippen LogP contribution in [0.5, 0.6) is 0 Å². The van der Waals surface area contributed by atoms with Crippen LogP contribution in [0.3, 0.4) is 0 Å². The van der Waals surface area contributed by atoms with E-state index in [9.17, 15) is 0 Å². The summed E-state index contributed by atoms with van der Waals surface area (Å²) in [5.74, 6) is 0. The Morgan fingerprint density at radius 3 is 2.60 bits per heavy atom. The first kappa shape index (κ1) is 10.1. The van der Waals surface area contributed by atoms with Gasteiger partial charge in [0.1, 0.15) is 6.57 Å². The van der Waals surface area contributed by atoms with Crippen molar-refractivity contribution in [3.05, 3.63) is 41.7 Å². The molecular weight excluding hydrogens is 290 g/mol. The third kappa shape index (κ3) is 3.97. The van der Waals surface area contributed by atoms with Crippen molar-refractivity contribution in [2.24, 2.45) is 0 Å². The molecule has 0 unspecified atom stereocenters.